The molecule has 1 aliphatic carbocycles. The summed E-state index contributed by atoms with van der Waals surface area (Å²) < 4.78 is 6.54. The van der Waals surface area contributed by atoms with Gasteiger partial charge < -0.3 is 4.42 Å². The zero-order valence-electron chi connectivity index (χ0n) is 31.2. The van der Waals surface area contributed by atoms with Crippen LogP contribution in [-0.4, -0.2) is 0 Å². The predicted octanol–water partition coefficient (Wildman–Crippen LogP) is 15.5. The maximum atomic E-state index is 6.54. The minimum atomic E-state index is -0.159. The lowest BCUT2D eigenvalue weighted by Crippen LogP contribution is -2.15. The van der Waals surface area contributed by atoms with Crippen LogP contribution in [0.25, 0.3) is 110 Å². The molecule has 0 bridgehead atoms. The van der Waals surface area contributed by atoms with Gasteiger partial charge in [-0.05, 0) is 129 Å². The van der Waals surface area contributed by atoms with Crippen molar-refractivity contribution in [1.29, 1.82) is 0 Å². The minimum absolute atomic E-state index is 0.159. The van der Waals surface area contributed by atoms with Crippen LogP contribution in [0.2, 0.25) is 0 Å². The van der Waals surface area contributed by atoms with Gasteiger partial charge in [0.15, 0.2) is 0 Å². The zero-order valence-corrected chi connectivity index (χ0v) is 31.2. The summed E-state index contributed by atoms with van der Waals surface area (Å²) in [6.45, 7) is 4.75. The van der Waals surface area contributed by atoms with Gasteiger partial charge in [-0.1, -0.05) is 166 Å². The molecular formula is C55H36O. The maximum Gasteiger partial charge on any atom is 0.136 e. The first-order valence-electron chi connectivity index (χ1n) is 19.6. The molecule has 11 aromatic rings. The number of fused-ring (bicyclic) bond motifs is 11. The summed E-state index contributed by atoms with van der Waals surface area (Å²) in [5.74, 6) is 0. The molecule has 0 unspecified atom stereocenters. The molecule has 56 heavy (non-hydrogen) atoms. The topological polar surface area (TPSA) is 13.1 Å². The smallest absolute Gasteiger partial charge is 0.136 e. The van der Waals surface area contributed by atoms with Crippen LogP contribution in [0.1, 0.15) is 25.0 Å². The van der Waals surface area contributed by atoms with E-state index in [2.05, 4.69) is 196 Å². The van der Waals surface area contributed by atoms with E-state index in [1.165, 1.54) is 98.7 Å². The second-order valence-electron chi connectivity index (χ2n) is 16.0. The average Bonchev–Trinajstić information content (AvgIpc) is 3.72. The van der Waals surface area contributed by atoms with Gasteiger partial charge in [0.25, 0.3) is 0 Å². The normalized spacial score (nSPS) is 13.3. The zero-order chi connectivity index (χ0) is 37.1. The van der Waals surface area contributed by atoms with E-state index in [-0.39, 0.29) is 5.41 Å². The first-order chi connectivity index (χ1) is 27.5. The van der Waals surface area contributed by atoms with Crippen molar-refractivity contribution in [3.63, 3.8) is 0 Å². The lowest BCUT2D eigenvalue weighted by molar-refractivity contribution is 0.663. The van der Waals surface area contributed by atoms with Gasteiger partial charge in [-0.3, -0.25) is 0 Å². The first-order valence-corrected chi connectivity index (χ1v) is 19.6. The van der Waals surface area contributed by atoms with E-state index in [4.69, 9.17) is 4.42 Å². The van der Waals surface area contributed by atoms with Crippen molar-refractivity contribution in [2.45, 2.75) is 19.3 Å². The molecule has 0 N–H and O–H groups in total. The molecule has 0 amide bonds. The second kappa shape index (κ2) is 11.5. The standard InChI is InChI=1S/C55H36O/c1-55(2)49-27-11-9-20-37(49)47-30-44(45-31-46-38-21-10-12-28-50(38)56-51(46)32-48(45)54(47)55)34-17-13-18-35(29-34)52-40-22-5-7-24-42(40)53(43-25-8-6-23-41(43)52)39-26-14-16-33-15-3-4-19-36(33)39/h3-32H,1-2H3. The van der Waals surface area contributed by atoms with Gasteiger partial charge in [0, 0.05) is 16.2 Å². The Labute approximate surface area is 325 Å². The van der Waals surface area contributed by atoms with Crippen LogP contribution < -0.4 is 0 Å². The number of furan rings is 1. The van der Waals surface area contributed by atoms with E-state index in [1.807, 2.05) is 0 Å². The molecule has 1 heteroatoms. The molecule has 1 heterocycles. The SMILES string of the molecule is CC1(C)c2ccccc2-c2cc(-c3cccc(-c4c5ccccc5c(-c5cccc6ccccc56)c5ccccc45)c3)c3cc4c(cc3c21)oc1ccccc14. The van der Waals surface area contributed by atoms with Crippen LogP contribution >= 0.6 is 0 Å². The summed E-state index contributed by atoms with van der Waals surface area (Å²) >= 11 is 0. The predicted molar refractivity (Wildman–Crippen MR) is 238 cm³/mol. The Morgan fingerprint density at radius 1 is 0.339 bits per heavy atom. The Balaban J connectivity index is 1.16. The lowest BCUT2D eigenvalue weighted by Gasteiger charge is -2.24. The van der Waals surface area contributed by atoms with Gasteiger partial charge in [-0.25, -0.2) is 0 Å². The molecule has 0 atom stereocenters. The number of para-hydroxylation sites is 1. The van der Waals surface area contributed by atoms with Gasteiger partial charge in [0.2, 0.25) is 0 Å². The van der Waals surface area contributed by atoms with Crippen LogP contribution in [0.5, 0.6) is 0 Å². The average molecular weight is 713 g/mol. The van der Waals surface area contributed by atoms with Crippen molar-refractivity contribution in [2.75, 3.05) is 0 Å². The van der Waals surface area contributed by atoms with Gasteiger partial charge in [-0.2, -0.15) is 0 Å². The van der Waals surface area contributed by atoms with E-state index in [0.29, 0.717) is 0 Å². The Bertz CT molecular complexity index is 3390. The number of hydrogen-bond donors (Lipinski definition) is 0. The van der Waals surface area contributed by atoms with E-state index < -0.39 is 0 Å². The molecule has 0 radical (unpaired) electrons. The van der Waals surface area contributed by atoms with Gasteiger partial charge in [0.1, 0.15) is 11.2 Å². The summed E-state index contributed by atoms with van der Waals surface area (Å²) in [7, 11) is 0. The van der Waals surface area contributed by atoms with Crippen molar-refractivity contribution in [3.8, 4) is 44.5 Å². The third kappa shape index (κ3) is 4.31. The fraction of sp³-hybridized carbons (Fsp3) is 0.0545. The van der Waals surface area contributed by atoms with Crippen LogP contribution in [0.15, 0.2) is 186 Å². The summed E-state index contributed by atoms with van der Waals surface area (Å²) in [5, 5.41) is 12.4. The molecule has 12 rings (SSSR count). The van der Waals surface area contributed by atoms with Crippen LogP contribution in [0.3, 0.4) is 0 Å². The molecule has 1 aliphatic rings. The van der Waals surface area contributed by atoms with Crippen LogP contribution in [-0.2, 0) is 5.41 Å². The minimum Gasteiger partial charge on any atom is -0.456 e. The quantitative estimate of drug-likeness (QED) is 0.166. The van der Waals surface area contributed by atoms with Crippen LogP contribution in [0, 0.1) is 0 Å². The van der Waals surface area contributed by atoms with Crippen molar-refractivity contribution < 1.29 is 4.42 Å². The third-order valence-corrected chi connectivity index (χ3v) is 12.6. The summed E-state index contributed by atoms with van der Waals surface area (Å²) in [5.41, 5.74) is 14.5. The molecule has 0 aliphatic heterocycles. The Kier molecular flexibility index (Phi) is 6.46. The number of benzene rings is 10. The molecule has 0 saturated heterocycles. The maximum absolute atomic E-state index is 6.54. The molecule has 10 aromatic carbocycles. The molecule has 0 saturated carbocycles. The Morgan fingerprint density at radius 2 is 0.929 bits per heavy atom. The summed E-state index contributed by atoms with van der Waals surface area (Å²) in [6, 6.07) is 67.2. The van der Waals surface area contributed by atoms with E-state index >= 15 is 0 Å². The Morgan fingerprint density at radius 3 is 1.71 bits per heavy atom. The summed E-state index contributed by atoms with van der Waals surface area (Å²) in [6.07, 6.45) is 0. The Hall–Kier alpha value is -6.96. The van der Waals surface area contributed by atoms with Gasteiger partial charge in [0.05, 0.1) is 0 Å². The van der Waals surface area contributed by atoms with Crippen molar-refractivity contribution in [2.24, 2.45) is 0 Å². The van der Waals surface area contributed by atoms with Crippen molar-refractivity contribution in [1.82, 2.24) is 0 Å². The molecule has 0 fully saturated rings. The highest BCUT2D eigenvalue weighted by Crippen LogP contribution is 2.54. The lowest BCUT2D eigenvalue weighted by atomic mass is 9.79. The van der Waals surface area contributed by atoms with Crippen molar-refractivity contribution >= 4 is 65.0 Å². The van der Waals surface area contributed by atoms with E-state index in [0.717, 1.165) is 21.9 Å². The molecule has 262 valence electrons. The van der Waals surface area contributed by atoms with Crippen molar-refractivity contribution in [3.05, 3.63) is 193 Å². The van der Waals surface area contributed by atoms with E-state index in [1.54, 1.807) is 0 Å². The molecule has 0 spiro atoms. The monoisotopic (exact) mass is 712 g/mol. The molecule has 1 nitrogen and oxygen atoms in total. The highest BCUT2D eigenvalue weighted by atomic mass is 16.3. The second-order valence-corrected chi connectivity index (χ2v) is 16.0. The van der Waals surface area contributed by atoms with Gasteiger partial charge in [-0.15, -0.1) is 0 Å². The van der Waals surface area contributed by atoms with E-state index in [9.17, 15) is 0 Å². The highest BCUT2D eigenvalue weighted by Gasteiger charge is 2.37. The third-order valence-electron chi connectivity index (χ3n) is 12.6. The number of hydrogen-bond acceptors (Lipinski definition) is 1. The molecular weight excluding hydrogens is 677 g/mol. The molecule has 1 aromatic heterocycles. The fourth-order valence-electron chi connectivity index (χ4n) is 10.2. The first kappa shape index (κ1) is 31.4. The highest BCUT2D eigenvalue weighted by molar-refractivity contribution is 6.24. The summed E-state index contributed by atoms with van der Waals surface area (Å²) in [4.78, 5) is 0. The van der Waals surface area contributed by atoms with Crippen LogP contribution in [0.4, 0.5) is 0 Å². The van der Waals surface area contributed by atoms with Gasteiger partial charge >= 0.3 is 0 Å². The fourth-order valence-corrected chi connectivity index (χ4v) is 10.2. The largest absolute Gasteiger partial charge is 0.456 e. The number of rotatable bonds is 3.